The maximum Gasteiger partial charge on any atom is 0.223 e. The Bertz CT molecular complexity index is 823. The van der Waals surface area contributed by atoms with Crippen LogP contribution < -0.4 is 10.6 Å². The number of amides is 2. The van der Waals surface area contributed by atoms with Gasteiger partial charge in [0.15, 0.2) is 0 Å². The lowest BCUT2D eigenvalue weighted by atomic mass is 9.74. The molecule has 1 aromatic carbocycles. The Morgan fingerprint density at radius 3 is 2.52 bits per heavy atom. The van der Waals surface area contributed by atoms with Gasteiger partial charge >= 0.3 is 0 Å². The largest absolute Gasteiger partial charge is 0.354 e. The summed E-state index contributed by atoms with van der Waals surface area (Å²) in [4.78, 5) is 24.5. The minimum absolute atomic E-state index is 0.0219. The van der Waals surface area contributed by atoms with E-state index >= 15 is 0 Å². The Morgan fingerprint density at radius 2 is 1.90 bits per heavy atom. The number of rotatable bonds is 5. The van der Waals surface area contributed by atoms with Crippen LogP contribution in [0.5, 0.6) is 0 Å². The van der Waals surface area contributed by atoms with E-state index in [1.165, 1.54) is 19.1 Å². The lowest BCUT2D eigenvalue weighted by Gasteiger charge is -2.38. The van der Waals surface area contributed by atoms with Crippen LogP contribution in [0.2, 0.25) is 10.0 Å². The van der Waals surface area contributed by atoms with Gasteiger partial charge in [-0.3, -0.25) is 9.59 Å². The first-order valence-electron chi connectivity index (χ1n) is 10.5. The monoisotopic (exact) mass is 440 g/mol. The third kappa shape index (κ3) is 4.00. The van der Waals surface area contributed by atoms with Crippen molar-refractivity contribution < 1.29 is 14.0 Å². The predicted octanol–water partition coefficient (Wildman–Crippen LogP) is 5.17. The molecular formula is C22H27Cl2FN2O2. The predicted molar refractivity (Wildman–Crippen MR) is 111 cm³/mol. The smallest absolute Gasteiger partial charge is 0.223 e. The molecule has 0 radical (unpaired) electrons. The molecule has 2 N–H and O–H groups in total. The molecule has 0 saturated heterocycles. The molecule has 7 heteroatoms. The van der Waals surface area contributed by atoms with Gasteiger partial charge in [-0.1, -0.05) is 23.2 Å². The Hall–Kier alpha value is -1.33. The molecule has 1 aromatic rings. The molecule has 0 heterocycles. The second-order valence-corrected chi connectivity index (χ2v) is 9.90. The van der Waals surface area contributed by atoms with E-state index in [0.29, 0.717) is 29.3 Å². The van der Waals surface area contributed by atoms with E-state index in [-0.39, 0.29) is 34.2 Å². The maximum absolute atomic E-state index is 14.9. The molecule has 3 atom stereocenters. The summed E-state index contributed by atoms with van der Waals surface area (Å²) in [5.41, 5.74) is 0.164. The van der Waals surface area contributed by atoms with Crippen LogP contribution in [0.25, 0.3) is 0 Å². The highest BCUT2D eigenvalue weighted by atomic mass is 35.5. The number of carbonyl (C=O) groups excluding carboxylic acids is 2. The summed E-state index contributed by atoms with van der Waals surface area (Å²) >= 11 is 12.7. The van der Waals surface area contributed by atoms with Gasteiger partial charge in [0, 0.05) is 24.4 Å². The van der Waals surface area contributed by atoms with Crippen LogP contribution in [0.1, 0.15) is 69.9 Å². The first kappa shape index (κ1) is 20.9. The molecule has 4 rings (SSSR count). The summed E-state index contributed by atoms with van der Waals surface area (Å²) in [6.07, 6.45) is 7.24. The van der Waals surface area contributed by atoms with E-state index in [1.807, 2.05) is 0 Å². The van der Waals surface area contributed by atoms with Gasteiger partial charge in [0.25, 0.3) is 0 Å². The van der Waals surface area contributed by atoms with Crippen LogP contribution in [-0.2, 0) is 9.59 Å². The summed E-state index contributed by atoms with van der Waals surface area (Å²) in [5, 5.41) is 6.59. The number of fused-ring (bicyclic) bond motifs is 2. The molecule has 0 aromatic heterocycles. The molecule has 4 nitrogen and oxygen atoms in total. The molecule has 3 aliphatic carbocycles. The molecule has 3 aliphatic rings. The average Bonchev–Trinajstić information content (AvgIpc) is 3.40. The van der Waals surface area contributed by atoms with Crippen molar-refractivity contribution in [2.75, 3.05) is 0 Å². The summed E-state index contributed by atoms with van der Waals surface area (Å²) in [6.45, 7) is 1.49. The standard InChI is InChI=1S/C22H27Cl2FN2O2/c1-12(28)26-15-3-2-14(10-15)21(29)27-20(22-8-6-13(11-22)7-9-22)18-17(25)5-4-16(23)19(18)24/h4-5,13-15,20H,2-3,6-11H2,1H3,(H,26,28)(H,27,29)/t13?,14-,15?,20+,22?/m1/s1. The van der Waals surface area contributed by atoms with Crippen molar-refractivity contribution in [3.63, 3.8) is 0 Å². The zero-order chi connectivity index (χ0) is 20.8. The molecule has 0 spiro atoms. The molecular weight excluding hydrogens is 414 g/mol. The summed E-state index contributed by atoms with van der Waals surface area (Å²) in [6, 6.07) is 2.34. The van der Waals surface area contributed by atoms with E-state index in [4.69, 9.17) is 23.2 Å². The zero-order valence-electron chi connectivity index (χ0n) is 16.6. The van der Waals surface area contributed by atoms with Crippen LogP contribution in [-0.4, -0.2) is 17.9 Å². The molecule has 2 bridgehead atoms. The van der Waals surface area contributed by atoms with E-state index in [0.717, 1.165) is 38.5 Å². The number of nitrogens with one attached hydrogen (secondary N) is 2. The highest BCUT2D eigenvalue weighted by Gasteiger charge is 2.52. The fourth-order valence-electron chi connectivity index (χ4n) is 5.88. The zero-order valence-corrected chi connectivity index (χ0v) is 18.1. The van der Waals surface area contributed by atoms with Crippen LogP contribution in [0.3, 0.4) is 0 Å². The van der Waals surface area contributed by atoms with E-state index in [1.54, 1.807) is 0 Å². The van der Waals surface area contributed by atoms with Gasteiger partial charge in [0.05, 0.1) is 16.1 Å². The second kappa shape index (κ2) is 8.07. The highest BCUT2D eigenvalue weighted by molar-refractivity contribution is 6.42. The van der Waals surface area contributed by atoms with Crippen LogP contribution in [0.15, 0.2) is 12.1 Å². The SMILES string of the molecule is CC(=O)NC1CC[C@@H](C(=O)N[C@@H](c2c(F)ccc(Cl)c2Cl)C23CCC(CC2)C3)C1. The van der Waals surface area contributed by atoms with Gasteiger partial charge in [-0.2, -0.15) is 0 Å². The number of carbonyl (C=O) groups is 2. The lowest BCUT2D eigenvalue weighted by molar-refractivity contribution is -0.127. The van der Waals surface area contributed by atoms with Crippen LogP contribution in [0.4, 0.5) is 4.39 Å². The Balaban J connectivity index is 1.60. The van der Waals surface area contributed by atoms with Gasteiger partial charge < -0.3 is 10.6 Å². The van der Waals surface area contributed by atoms with Crippen molar-refractivity contribution in [1.82, 2.24) is 10.6 Å². The van der Waals surface area contributed by atoms with Crippen molar-refractivity contribution in [1.29, 1.82) is 0 Å². The molecule has 2 amide bonds. The highest BCUT2D eigenvalue weighted by Crippen LogP contribution is 2.61. The summed E-state index contributed by atoms with van der Waals surface area (Å²) < 4.78 is 14.9. The Labute approximate surface area is 180 Å². The normalized spacial score (nSPS) is 31.7. The topological polar surface area (TPSA) is 58.2 Å². The number of benzene rings is 1. The van der Waals surface area contributed by atoms with Crippen molar-refractivity contribution in [3.8, 4) is 0 Å². The molecule has 3 fully saturated rings. The van der Waals surface area contributed by atoms with Gasteiger partial charge in [0.2, 0.25) is 11.8 Å². The quantitative estimate of drug-likeness (QED) is 0.619. The molecule has 158 valence electrons. The van der Waals surface area contributed by atoms with Gasteiger partial charge in [-0.05, 0) is 74.8 Å². The minimum atomic E-state index is -0.478. The summed E-state index contributed by atoms with van der Waals surface area (Å²) in [7, 11) is 0. The average molecular weight is 441 g/mol. The maximum atomic E-state index is 14.9. The first-order valence-corrected chi connectivity index (χ1v) is 11.3. The Morgan fingerprint density at radius 1 is 1.17 bits per heavy atom. The third-order valence-corrected chi connectivity index (χ3v) is 8.09. The van der Waals surface area contributed by atoms with Crippen LogP contribution >= 0.6 is 23.2 Å². The second-order valence-electron chi connectivity index (χ2n) is 9.12. The lowest BCUT2D eigenvalue weighted by Crippen LogP contribution is -2.42. The first-order chi connectivity index (χ1) is 13.8. The fourth-order valence-corrected chi connectivity index (χ4v) is 6.31. The van der Waals surface area contributed by atoms with Crippen molar-refractivity contribution in [2.45, 2.75) is 70.4 Å². The van der Waals surface area contributed by atoms with E-state index < -0.39 is 11.9 Å². The number of hydrogen-bond donors (Lipinski definition) is 2. The minimum Gasteiger partial charge on any atom is -0.354 e. The molecule has 3 saturated carbocycles. The van der Waals surface area contributed by atoms with Gasteiger partial charge in [-0.15, -0.1) is 0 Å². The van der Waals surface area contributed by atoms with Gasteiger partial charge in [-0.25, -0.2) is 4.39 Å². The van der Waals surface area contributed by atoms with Crippen molar-refractivity contribution in [3.05, 3.63) is 33.6 Å². The number of hydrogen-bond acceptors (Lipinski definition) is 2. The molecule has 29 heavy (non-hydrogen) atoms. The third-order valence-electron chi connectivity index (χ3n) is 7.27. The van der Waals surface area contributed by atoms with E-state index in [9.17, 15) is 14.0 Å². The fraction of sp³-hybridized carbons (Fsp3) is 0.636. The van der Waals surface area contributed by atoms with Crippen LogP contribution in [0, 0.1) is 23.1 Å². The molecule has 1 unspecified atom stereocenters. The summed E-state index contributed by atoms with van der Waals surface area (Å²) in [5.74, 6) is -0.125. The van der Waals surface area contributed by atoms with Crippen molar-refractivity contribution >= 4 is 35.0 Å². The number of halogens is 3. The molecule has 0 aliphatic heterocycles. The van der Waals surface area contributed by atoms with Crippen molar-refractivity contribution in [2.24, 2.45) is 17.3 Å². The van der Waals surface area contributed by atoms with Gasteiger partial charge in [0.1, 0.15) is 5.82 Å². The van der Waals surface area contributed by atoms with E-state index in [2.05, 4.69) is 10.6 Å². The Kier molecular flexibility index (Phi) is 5.82.